The van der Waals surface area contributed by atoms with Gasteiger partial charge in [0.1, 0.15) is 18.7 Å². The minimum atomic E-state index is 0.00291. The Bertz CT molecular complexity index is 548. The molecule has 20 heavy (non-hydrogen) atoms. The summed E-state index contributed by atoms with van der Waals surface area (Å²) in [7, 11) is 0. The van der Waals surface area contributed by atoms with Crippen LogP contribution in [0.3, 0.4) is 0 Å². The molecule has 1 atom stereocenters. The molecule has 0 aliphatic rings. The van der Waals surface area contributed by atoms with Gasteiger partial charge in [0.25, 0.3) is 0 Å². The summed E-state index contributed by atoms with van der Waals surface area (Å²) < 4.78 is 7.67. The molecule has 0 fully saturated rings. The number of rotatable bonds is 6. The minimum Gasteiger partial charge on any atom is -0.486 e. The summed E-state index contributed by atoms with van der Waals surface area (Å²) in [6, 6.07) is 7.84. The highest BCUT2D eigenvalue weighted by Gasteiger charge is 2.07. The highest BCUT2D eigenvalue weighted by Crippen LogP contribution is 2.18. The van der Waals surface area contributed by atoms with Crippen LogP contribution in [-0.2, 0) is 13.2 Å². The Hall–Kier alpha value is -1.88. The maximum Gasteiger partial charge on any atom is 0.164 e. The molecule has 2 rings (SSSR count). The Kier molecular flexibility index (Phi) is 4.74. The molecule has 0 radical (unpaired) electrons. The molecule has 1 aromatic heterocycles. The van der Waals surface area contributed by atoms with Gasteiger partial charge in [0.05, 0.1) is 0 Å². The van der Waals surface area contributed by atoms with E-state index in [1.165, 1.54) is 0 Å². The predicted molar refractivity (Wildman–Crippen MR) is 78.2 cm³/mol. The van der Waals surface area contributed by atoms with Gasteiger partial charge in [-0.15, -0.1) is 0 Å². The fourth-order valence-electron chi connectivity index (χ4n) is 1.93. The molecule has 108 valence electrons. The van der Waals surface area contributed by atoms with E-state index < -0.39 is 0 Å². The average Bonchev–Trinajstić information content (AvgIpc) is 2.83. The van der Waals surface area contributed by atoms with Gasteiger partial charge in [-0.3, -0.25) is 0 Å². The highest BCUT2D eigenvalue weighted by atomic mass is 16.5. The van der Waals surface area contributed by atoms with Gasteiger partial charge in [-0.2, -0.15) is 5.10 Å². The Balaban J connectivity index is 2.02. The number of aromatic nitrogens is 3. The monoisotopic (exact) mass is 274 g/mol. The molecule has 0 saturated heterocycles. The van der Waals surface area contributed by atoms with Crippen molar-refractivity contribution >= 4 is 0 Å². The smallest absolute Gasteiger partial charge is 0.164 e. The quantitative estimate of drug-likeness (QED) is 0.879. The van der Waals surface area contributed by atoms with Gasteiger partial charge in [0, 0.05) is 12.6 Å². The van der Waals surface area contributed by atoms with E-state index >= 15 is 0 Å². The first-order chi connectivity index (χ1) is 9.56. The first kappa shape index (κ1) is 14.5. The second-order valence-electron chi connectivity index (χ2n) is 5.40. The Morgan fingerprint density at radius 3 is 2.80 bits per heavy atom. The van der Waals surface area contributed by atoms with Crippen LogP contribution in [0.5, 0.6) is 5.75 Å². The van der Waals surface area contributed by atoms with Crippen molar-refractivity contribution in [1.82, 2.24) is 14.8 Å². The van der Waals surface area contributed by atoms with Gasteiger partial charge >= 0.3 is 0 Å². The molecule has 0 aliphatic carbocycles. The van der Waals surface area contributed by atoms with Crippen LogP contribution in [0.25, 0.3) is 0 Å². The van der Waals surface area contributed by atoms with Crippen molar-refractivity contribution < 1.29 is 4.74 Å². The third-order valence-corrected chi connectivity index (χ3v) is 2.99. The lowest BCUT2D eigenvalue weighted by Gasteiger charge is -2.11. The molecule has 1 heterocycles. The Labute approximate surface area is 119 Å². The molecule has 0 bridgehead atoms. The van der Waals surface area contributed by atoms with Gasteiger partial charge in [0.2, 0.25) is 0 Å². The van der Waals surface area contributed by atoms with Crippen LogP contribution in [0.1, 0.15) is 38.2 Å². The number of benzene rings is 1. The molecule has 5 heteroatoms. The van der Waals surface area contributed by atoms with Crippen LogP contribution in [-0.4, -0.2) is 14.8 Å². The summed E-state index contributed by atoms with van der Waals surface area (Å²) >= 11 is 0. The van der Waals surface area contributed by atoms with E-state index in [0.717, 1.165) is 23.7 Å². The van der Waals surface area contributed by atoms with Crippen LogP contribution < -0.4 is 10.5 Å². The summed E-state index contributed by atoms with van der Waals surface area (Å²) in [5.74, 6) is 2.17. The molecule has 0 aliphatic heterocycles. The third kappa shape index (κ3) is 3.81. The number of nitrogens with two attached hydrogens (primary N) is 1. The minimum absolute atomic E-state index is 0.00291. The lowest BCUT2D eigenvalue weighted by atomic mass is 10.1. The van der Waals surface area contributed by atoms with Crippen LogP contribution in [0, 0.1) is 5.92 Å². The lowest BCUT2D eigenvalue weighted by Crippen LogP contribution is -2.12. The number of nitrogens with zero attached hydrogens (tertiary/aromatic N) is 3. The summed E-state index contributed by atoms with van der Waals surface area (Å²) in [6.45, 7) is 7.52. The van der Waals surface area contributed by atoms with Crippen molar-refractivity contribution in [2.24, 2.45) is 11.7 Å². The third-order valence-electron chi connectivity index (χ3n) is 2.99. The van der Waals surface area contributed by atoms with Crippen molar-refractivity contribution in [2.45, 2.75) is 40.0 Å². The maximum absolute atomic E-state index is 5.87. The van der Waals surface area contributed by atoms with Gasteiger partial charge in [0.15, 0.2) is 5.82 Å². The zero-order valence-corrected chi connectivity index (χ0v) is 12.3. The van der Waals surface area contributed by atoms with E-state index in [4.69, 9.17) is 10.5 Å². The molecular weight excluding hydrogens is 252 g/mol. The topological polar surface area (TPSA) is 66.0 Å². The molecule has 0 amide bonds. The van der Waals surface area contributed by atoms with Crippen LogP contribution in [0.15, 0.2) is 30.6 Å². The van der Waals surface area contributed by atoms with Crippen molar-refractivity contribution in [2.75, 3.05) is 0 Å². The number of hydrogen-bond acceptors (Lipinski definition) is 4. The van der Waals surface area contributed by atoms with Crippen molar-refractivity contribution in [3.63, 3.8) is 0 Å². The Morgan fingerprint density at radius 1 is 1.30 bits per heavy atom. The van der Waals surface area contributed by atoms with Crippen molar-refractivity contribution in [3.05, 3.63) is 42.0 Å². The second kappa shape index (κ2) is 6.52. The van der Waals surface area contributed by atoms with Crippen LogP contribution in [0.2, 0.25) is 0 Å². The van der Waals surface area contributed by atoms with E-state index in [-0.39, 0.29) is 6.04 Å². The lowest BCUT2D eigenvalue weighted by molar-refractivity contribution is 0.282. The molecule has 2 aromatic rings. The zero-order chi connectivity index (χ0) is 14.5. The van der Waals surface area contributed by atoms with E-state index in [0.29, 0.717) is 12.5 Å². The van der Waals surface area contributed by atoms with Crippen LogP contribution in [0.4, 0.5) is 0 Å². The molecule has 0 spiro atoms. The maximum atomic E-state index is 5.87. The molecule has 0 saturated carbocycles. The number of hydrogen-bond donors (Lipinski definition) is 1. The standard InChI is InChI=1S/C15H22N4O/c1-11(2)8-19-15(17-10-18-19)9-20-14-6-4-5-13(7-14)12(3)16/h4-7,10-12H,8-9,16H2,1-3H3/t12-/m1/s1. The molecule has 2 N–H and O–H groups in total. The van der Waals surface area contributed by atoms with E-state index in [9.17, 15) is 0 Å². The van der Waals surface area contributed by atoms with Gasteiger partial charge < -0.3 is 10.5 Å². The highest BCUT2D eigenvalue weighted by molar-refractivity contribution is 5.30. The fraction of sp³-hybridized carbons (Fsp3) is 0.467. The van der Waals surface area contributed by atoms with Crippen LogP contribution >= 0.6 is 0 Å². The second-order valence-corrected chi connectivity index (χ2v) is 5.40. The fourth-order valence-corrected chi connectivity index (χ4v) is 1.93. The SMILES string of the molecule is CC(C)Cn1ncnc1COc1cccc([C@@H](C)N)c1. The molecule has 0 unspecified atom stereocenters. The van der Waals surface area contributed by atoms with Gasteiger partial charge in [-0.1, -0.05) is 26.0 Å². The molecule has 1 aromatic carbocycles. The predicted octanol–water partition coefficient (Wildman–Crippen LogP) is 2.53. The van der Waals surface area contributed by atoms with Crippen molar-refractivity contribution in [1.29, 1.82) is 0 Å². The molecule has 5 nitrogen and oxygen atoms in total. The van der Waals surface area contributed by atoms with E-state index in [1.54, 1.807) is 6.33 Å². The summed E-state index contributed by atoms with van der Waals surface area (Å²) in [5, 5.41) is 4.22. The number of ether oxygens (including phenoxy) is 1. The molecular formula is C15H22N4O. The Morgan fingerprint density at radius 2 is 2.10 bits per heavy atom. The van der Waals surface area contributed by atoms with Gasteiger partial charge in [-0.25, -0.2) is 9.67 Å². The summed E-state index contributed by atoms with van der Waals surface area (Å²) in [5.41, 5.74) is 6.93. The normalized spacial score (nSPS) is 12.7. The first-order valence-electron chi connectivity index (χ1n) is 6.91. The summed E-state index contributed by atoms with van der Waals surface area (Å²) in [6.07, 6.45) is 1.57. The largest absolute Gasteiger partial charge is 0.486 e. The zero-order valence-electron chi connectivity index (χ0n) is 12.3. The average molecular weight is 274 g/mol. The van der Waals surface area contributed by atoms with E-state index in [2.05, 4.69) is 23.9 Å². The summed E-state index contributed by atoms with van der Waals surface area (Å²) in [4.78, 5) is 4.24. The van der Waals surface area contributed by atoms with Gasteiger partial charge in [-0.05, 0) is 30.5 Å². The first-order valence-corrected chi connectivity index (χ1v) is 6.91. The van der Waals surface area contributed by atoms with Crippen molar-refractivity contribution in [3.8, 4) is 5.75 Å². The van der Waals surface area contributed by atoms with E-state index in [1.807, 2.05) is 35.9 Å².